The first-order chi connectivity index (χ1) is 8.83. The fourth-order valence-corrected chi connectivity index (χ4v) is 2.19. The molecule has 0 unspecified atom stereocenters. The van der Waals surface area contributed by atoms with Gasteiger partial charge in [0.15, 0.2) is 0 Å². The molecule has 0 aromatic heterocycles. The summed E-state index contributed by atoms with van der Waals surface area (Å²) >= 11 is 0. The van der Waals surface area contributed by atoms with E-state index in [1.165, 1.54) is 12.8 Å². The fraction of sp³-hybridized carbons (Fsp3) is 0.929. The van der Waals surface area contributed by atoms with Gasteiger partial charge in [-0.15, -0.1) is 0 Å². The normalized spacial score (nSPS) is 16.7. The Morgan fingerprint density at radius 3 is 2.78 bits per heavy atom. The molecular formula is C14H27NO3. The lowest BCUT2D eigenvalue weighted by molar-refractivity contribution is -0.143. The second-order valence-corrected chi connectivity index (χ2v) is 4.88. The molecule has 0 spiro atoms. The first-order valence-electron chi connectivity index (χ1n) is 7.27. The number of rotatable bonds is 9. The second kappa shape index (κ2) is 10.3. The summed E-state index contributed by atoms with van der Waals surface area (Å²) in [6, 6.07) is 0. The van der Waals surface area contributed by atoms with E-state index >= 15 is 0 Å². The van der Waals surface area contributed by atoms with Crippen molar-refractivity contribution in [1.82, 2.24) is 5.32 Å². The summed E-state index contributed by atoms with van der Waals surface area (Å²) in [7, 11) is 0. The van der Waals surface area contributed by atoms with Crippen LogP contribution in [0.25, 0.3) is 0 Å². The van der Waals surface area contributed by atoms with Crippen LogP contribution in [0.5, 0.6) is 0 Å². The van der Waals surface area contributed by atoms with Crippen LogP contribution in [0.4, 0.5) is 0 Å². The van der Waals surface area contributed by atoms with E-state index in [0.717, 1.165) is 51.5 Å². The Balaban J connectivity index is 1.82. The van der Waals surface area contributed by atoms with Gasteiger partial charge in [-0.05, 0) is 51.6 Å². The summed E-state index contributed by atoms with van der Waals surface area (Å²) in [5.74, 6) is 0.728. The van der Waals surface area contributed by atoms with Crippen LogP contribution in [0.2, 0.25) is 0 Å². The Hall–Kier alpha value is -0.610. The molecule has 1 aliphatic heterocycles. The molecule has 4 nitrogen and oxygen atoms in total. The van der Waals surface area contributed by atoms with Gasteiger partial charge in [-0.2, -0.15) is 0 Å². The molecule has 1 aliphatic rings. The van der Waals surface area contributed by atoms with Crippen LogP contribution in [0, 0.1) is 5.92 Å². The van der Waals surface area contributed by atoms with E-state index in [2.05, 4.69) is 5.32 Å². The number of hydrogen-bond acceptors (Lipinski definition) is 4. The van der Waals surface area contributed by atoms with E-state index in [1.54, 1.807) is 0 Å². The highest BCUT2D eigenvalue weighted by molar-refractivity contribution is 5.69. The maximum atomic E-state index is 11.1. The first-order valence-corrected chi connectivity index (χ1v) is 7.27. The molecular weight excluding hydrogens is 230 g/mol. The van der Waals surface area contributed by atoms with E-state index in [4.69, 9.17) is 9.47 Å². The molecule has 1 N–H and O–H groups in total. The number of carbonyl (C=O) groups excluding carboxylic acids is 1. The van der Waals surface area contributed by atoms with Crippen molar-refractivity contribution in [2.45, 2.75) is 45.4 Å². The molecule has 0 radical (unpaired) electrons. The first kappa shape index (κ1) is 15.4. The highest BCUT2D eigenvalue weighted by atomic mass is 16.5. The minimum atomic E-state index is -0.0623. The number of nitrogens with one attached hydrogen (secondary N) is 1. The third-order valence-electron chi connectivity index (χ3n) is 3.31. The van der Waals surface area contributed by atoms with Crippen LogP contribution < -0.4 is 5.32 Å². The number of ether oxygens (including phenoxy) is 2. The zero-order valence-corrected chi connectivity index (χ0v) is 11.6. The molecule has 1 heterocycles. The van der Waals surface area contributed by atoms with E-state index in [9.17, 15) is 4.79 Å². The minimum absolute atomic E-state index is 0.0623. The monoisotopic (exact) mass is 257 g/mol. The van der Waals surface area contributed by atoms with Crippen LogP contribution in [0.1, 0.15) is 45.4 Å². The van der Waals surface area contributed by atoms with Crippen LogP contribution in [-0.2, 0) is 14.3 Å². The van der Waals surface area contributed by atoms with Crippen LogP contribution in [-0.4, -0.2) is 38.9 Å². The Kier molecular flexibility index (Phi) is 8.86. The topological polar surface area (TPSA) is 47.6 Å². The molecule has 0 atom stereocenters. The van der Waals surface area contributed by atoms with Gasteiger partial charge in [0, 0.05) is 19.6 Å². The zero-order valence-electron chi connectivity index (χ0n) is 11.6. The van der Waals surface area contributed by atoms with E-state index in [0.29, 0.717) is 13.0 Å². The number of carbonyl (C=O) groups is 1. The van der Waals surface area contributed by atoms with Crippen molar-refractivity contribution in [2.75, 3.05) is 32.9 Å². The maximum absolute atomic E-state index is 11.1. The van der Waals surface area contributed by atoms with Crippen LogP contribution >= 0.6 is 0 Å². The molecule has 1 rings (SSSR count). The highest BCUT2D eigenvalue weighted by Gasteiger charge is 2.12. The molecule has 18 heavy (non-hydrogen) atoms. The van der Waals surface area contributed by atoms with E-state index in [1.807, 2.05) is 6.92 Å². The average Bonchev–Trinajstić information content (AvgIpc) is 2.39. The van der Waals surface area contributed by atoms with Crippen molar-refractivity contribution >= 4 is 5.97 Å². The summed E-state index contributed by atoms with van der Waals surface area (Å²) in [4.78, 5) is 11.1. The van der Waals surface area contributed by atoms with Crippen molar-refractivity contribution in [3.8, 4) is 0 Å². The SMILES string of the molecule is CCOC(=O)CCCCCNCC1CCOCC1. The Labute approximate surface area is 110 Å². The third-order valence-corrected chi connectivity index (χ3v) is 3.31. The van der Waals surface area contributed by atoms with Crippen molar-refractivity contribution in [3.63, 3.8) is 0 Å². The summed E-state index contributed by atoms with van der Waals surface area (Å²) in [5, 5.41) is 3.50. The summed E-state index contributed by atoms with van der Waals surface area (Å²) in [5.41, 5.74) is 0. The second-order valence-electron chi connectivity index (χ2n) is 4.88. The van der Waals surface area contributed by atoms with Crippen LogP contribution in [0.3, 0.4) is 0 Å². The van der Waals surface area contributed by atoms with Gasteiger partial charge in [0.1, 0.15) is 0 Å². The molecule has 0 aliphatic carbocycles. The predicted molar refractivity (Wildman–Crippen MR) is 71.5 cm³/mol. The van der Waals surface area contributed by atoms with Gasteiger partial charge in [-0.25, -0.2) is 0 Å². The molecule has 0 aromatic carbocycles. The smallest absolute Gasteiger partial charge is 0.305 e. The molecule has 4 heteroatoms. The van der Waals surface area contributed by atoms with E-state index in [-0.39, 0.29) is 5.97 Å². The van der Waals surface area contributed by atoms with Gasteiger partial charge in [0.25, 0.3) is 0 Å². The molecule has 0 bridgehead atoms. The number of hydrogen-bond donors (Lipinski definition) is 1. The summed E-state index contributed by atoms with van der Waals surface area (Å²) < 4.78 is 10.2. The van der Waals surface area contributed by atoms with E-state index < -0.39 is 0 Å². The van der Waals surface area contributed by atoms with Crippen molar-refractivity contribution in [1.29, 1.82) is 0 Å². The molecule has 0 amide bonds. The molecule has 0 aromatic rings. The Morgan fingerprint density at radius 1 is 1.28 bits per heavy atom. The quantitative estimate of drug-likeness (QED) is 0.508. The van der Waals surface area contributed by atoms with Gasteiger partial charge in [-0.3, -0.25) is 4.79 Å². The highest BCUT2D eigenvalue weighted by Crippen LogP contribution is 2.13. The lowest BCUT2D eigenvalue weighted by Gasteiger charge is -2.22. The number of esters is 1. The number of unbranched alkanes of at least 4 members (excludes halogenated alkanes) is 2. The molecule has 1 fully saturated rings. The standard InChI is InChI=1S/C14H27NO3/c1-2-18-14(16)6-4-3-5-9-15-12-13-7-10-17-11-8-13/h13,15H,2-12H2,1H3. The summed E-state index contributed by atoms with van der Waals surface area (Å²) in [6.45, 7) is 6.35. The molecule has 0 saturated carbocycles. The third kappa shape index (κ3) is 7.67. The molecule has 106 valence electrons. The Bertz CT molecular complexity index is 215. The zero-order chi connectivity index (χ0) is 13.1. The largest absolute Gasteiger partial charge is 0.466 e. The summed E-state index contributed by atoms with van der Waals surface area (Å²) in [6.07, 6.45) is 6.12. The lowest BCUT2D eigenvalue weighted by atomic mass is 10.0. The van der Waals surface area contributed by atoms with Crippen molar-refractivity contribution < 1.29 is 14.3 Å². The minimum Gasteiger partial charge on any atom is -0.466 e. The van der Waals surface area contributed by atoms with Crippen molar-refractivity contribution in [2.24, 2.45) is 5.92 Å². The lowest BCUT2D eigenvalue weighted by Crippen LogP contribution is -2.28. The van der Waals surface area contributed by atoms with Crippen LogP contribution in [0.15, 0.2) is 0 Å². The average molecular weight is 257 g/mol. The molecule has 1 saturated heterocycles. The fourth-order valence-electron chi connectivity index (χ4n) is 2.19. The maximum Gasteiger partial charge on any atom is 0.305 e. The predicted octanol–water partition coefficient (Wildman–Crippen LogP) is 2.13. The van der Waals surface area contributed by atoms with Crippen molar-refractivity contribution in [3.05, 3.63) is 0 Å². The van der Waals surface area contributed by atoms with Gasteiger partial charge < -0.3 is 14.8 Å². The Morgan fingerprint density at radius 2 is 2.06 bits per heavy atom. The van der Waals surface area contributed by atoms with Gasteiger partial charge >= 0.3 is 5.97 Å². The van der Waals surface area contributed by atoms with Gasteiger partial charge in [-0.1, -0.05) is 6.42 Å². The van der Waals surface area contributed by atoms with Gasteiger partial charge in [0.2, 0.25) is 0 Å². The van der Waals surface area contributed by atoms with Gasteiger partial charge in [0.05, 0.1) is 6.61 Å².